The van der Waals surface area contributed by atoms with E-state index in [1.165, 1.54) is 6.21 Å². The fourth-order valence-corrected chi connectivity index (χ4v) is 3.75. The van der Waals surface area contributed by atoms with Crippen LogP contribution in [0.3, 0.4) is 0 Å². The second-order valence-corrected chi connectivity index (χ2v) is 9.22. The minimum Gasteiger partial charge on any atom is -0.491 e. The van der Waals surface area contributed by atoms with Crippen molar-refractivity contribution in [2.24, 2.45) is 7.05 Å². The SMILES string of the molecule is CNCC(O)COc1cccc(-c2cc(NCCCNC(=O)c3ccn(C)n3)c(C=N)c(NC(C)C)n2)c1. The van der Waals surface area contributed by atoms with Gasteiger partial charge in [-0.15, -0.1) is 0 Å². The summed E-state index contributed by atoms with van der Waals surface area (Å²) in [5, 5.41) is 34.6. The number of nitrogens with zero attached hydrogens (tertiary/aromatic N) is 3. The highest BCUT2D eigenvalue weighted by molar-refractivity contribution is 5.94. The van der Waals surface area contributed by atoms with Gasteiger partial charge in [-0.2, -0.15) is 5.10 Å². The zero-order chi connectivity index (χ0) is 27.5. The van der Waals surface area contributed by atoms with Crippen molar-refractivity contribution in [1.82, 2.24) is 25.4 Å². The van der Waals surface area contributed by atoms with Crippen LogP contribution in [-0.2, 0) is 7.05 Å². The highest BCUT2D eigenvalue weighted by atomic mass is 16.5. The van der Waals surface area contributed by atoms with Crippen molar-refractivity contribution >= 4 is 23.6 Å². The number of pyridine rings is 1. The number of hydrogen-bond acceptors (Lipinski definition) is 9. The Kier molecular flexibility index (Phi) is 10.6. The largest absolute Gasteiger partial charge is 0.491 e. The molecule has 0 saturated carbocycles. The van der Waals surface area contributed by atoms with Gasteiger partial charge in [-0.3, -0.25) is 9.48 Å². The van der Waals surface area contributed by atoms with Crippen molar-refractivity contribution in [2.75, 3.05) is 43.9 Å². The molecule has 3 aromatic rings. The van der Waals surface area contributed by atoms with Crippen LogP contribution in [0.1, 0.15) is 36.3 Å². The summed E-state index contributed by atoms with van der Waals surface area (Å²) in [6, 6.07) is 11.3. The maximum Gasteiger partial charge on any atom is 0.271 e. The number of aromatic nitrogens is 3. The molecule has 3 rings (SSSR count). The molecule has 6 N–H and O–H groups in total. The summed E-state index contributed by atoms with van der Waals surface area (Å²) in [5.41, 5.74) is 3.37. The number of carbonyl (C=O) groups is 1. The summed E-state index contributed by atoms with van der Waals surface area (Å²) in [6.07, 6.45) is 3.09. The molecule has 2 aromatic heterocycles. The van der Waals surface area contributed by atoms with Crippen molar-refractivity contribution in [3.8, 4) is 17.0 Å². The molecule has 0 aliphatic heterocycles. The van der Waals surface area contributed by atoms with E-state index in [2.05, 4.69) is 26.4 Å². The number of rotatable bonds is 15. The lowest BCUT2D eigenvalue weighted by atomic mass is 10.1. The van der Waals surface area contributed by atoms with Gasteiger partial charge in [-0.1, -0.05) is 12.1 Å². The van der Waals surface area contributed by atoms with E-state index in [-0.39, 0.29) is 18.6 Å². The number of ether oxygens (including phenoxy) is 1. The molecule has 204 valence electrons. The Morgan fingerprint density at radius 2 is 2.05 bits per heavy atom. The van der Waals surface area contributed by atoms with Crippen molar-refractivity contribution < 1.29 is 14.6 Å². The lowest BCUT2D eigenvalue weighted by molar-refractivity contribution is 0.0948. The van der Waals surface area contributed by atoms with E-state index >= 15 is 0 Å². The van der Waals surface area contributed by atoms with Crippen LogP contribution in [0.4, 0.5) is 11.5 Å². The van der Waals surface area contributed by atoms with Gasteiger partial charge in [-0.05, 0) is 51.6 Å². The molecule has 1 atom stereocenters. The van der Waals surface area contributed by atoms with E-state index in [0.29, 0.717) is 54.6 Å². The summed E-state index contributed by atoms with van der Waals surface area (Å²) in [7, 11) is 3.55. The van der Waals surface area contributed by atoms with Crippen LogP contribution in [0.25, 0.3) is 11.3 Å². The average Bonchev–Trinajstić information content (AvgIpc) is 3.33. The van der Waals surface area contributed by atoms with Gasteiger partial charge in [0.1, 0.15) is 30.0 Å². The first-order valence-electron chi connectivity index (χ1n) is 12.7. The van der Waals surface area contributed by atoms with Gasteiger partial charge in [0, 0.05) is 56.4 Å². The second kappa shape index (κ2) is 14.1. The third-order valence-corrected chi connectivity index (χ3v) is 5.54. The van der Waals surface area contributed by atoms with Crippen LogP contribution in [0, 0.1) is 5.41 Å². The van der Waals surface area contributed by atoms with Crippen molar-refractivity contribution in [3.05, 3.63) is 53.9 Å². The number of aryl methyl sites for hydroxylation is 1. The van der Waals surface area contributed by atoms with E-state index in [4.69, 9.17) is 15.1 Å². The maximum atomic E-state index is 12.2. The minimum absolute atomic E-state index is 0.120. The molecule has 2 heterocycles. The molecule has 11 heteroatoms. The van der Waals surface area contributed by atoms with E-state index in [0.717, 1.165) is 11.3 Å². The number of anilines is 2. The predicted molar refractivity (Wildman–Crippen MR) is 150 cm³/mol. The molecule has 11 nitrogen and oxygen atoms in total. The van der Waals surface area contributed by atoms with E-state index in [9.17, 15) is 9.90 Å². The fraction of sp³-hybridized carbons (Fsp3) is 0.407. The van der Waals surface area contributed by atoms with Crippen LogP contribution >= 0.6 is 0 Å². The summed E-state index contributed by atoms with van der Waals surface area (Å²) in [4.78, 5) is 17.0. The van der Waals surface area contributed by atoms with E-state index in [1.807, 2.05) is 44.2 Å². The first kappa shape index (κ1) is 28.6. The Balaban J connectivity index is 1.73. The first-order valence-corrected chi connectivity index (χ1v) is 12.7. The Labute approximate surface area is 223 Å². The summed E-state index contributed by atoms with van der Waals surface area (Å²) in [5.74, 6) is 1.03. The Bertz CT molecular complexity index is 1210. The van der Waals surface area contributed by atoms with Crippen LogP contribution < -0.4 is 26.0 Å². The Hall–Kier alpha value is -3.96. The number of likely N-dealkylation sites (N-methyl/N-ethyl adjacent to an activating group) is 1. The molecule has 1 aromatic carbocycles. The van der Waals surface area contributed by atoms with E-state index < -0.39 is 6.10 Å². The lowest BCUT2D eigenvalue weighted by Gasteiger charge is -2.18. The molecular weight excluding hydrogens is 484 g/mol. The third kappa shape index (κ3) is 8.29. The average molecular weight is 523 g/mol. The number of aliphatic hydroxyl groups excluding tert-OH is 1. The number of amides is 1. The molecule has 0 spiro atoms. The summed E-state index contributed by atoms with van der Waals surface area (Å²) < 4.78 is 7.36. The summed E-state index contributed by atoms with van der Waals surface area (Å²) in [6.45, 7) is 5.72. The standard InChI is InChI=1S/C27H38N8O3/c1-18(2)32-26-22(15-28)25(30-10-6-11-31-27(37)23-9-12-35(4)34-23)14-24(33-26)19-7-5-8-21(13-19)38-17-20(36)16-29-3/h5,7-9,12-15,18,20,28-29,36H,6,10-11,16-17H2,1-4H3,(H,31,37)(H2,30,32,33). The third-order valence-electron chi connectivity index (χ3n) is 5.54. The van der Waals surface area contributed by atoms with Gasteiger partial charge < -0.3 is 36.5 Å². The van der Waals surface area contributed by atoms with Crippen LogP contribution in [0.15, 0.2) is 42.6 Å². The number of nitrogens with one attached hydrogen (secondary N) is 5. The highest BCUT2D eigenvalue weighted by Crippen LogP contribution is 2.30. The number of hydrogen-bond donors (Lipinski definition) is 6. The van der Waals surface area contributed by atoms with Gasteiger partial charge in [0.15, 0.2) is 0 Å². The Morgan fingerprint density at radius 3 is 2.74 bits per heavy atom. The van der Waals surface area contributed by atoms with Gasteiger partial charge in [0.25, 0.3) is 5.91 Å². The Morgan fingerprint density at radius 1 is 1.24 bits per heavy atom. The molecule has 38 heavy (non-hydrogen) atoms. The number of benzene rings is 1. The zero-order valence-corrected chi connectivity index (χ0v) is 22.4. The smallest absolute Gasteiger partial charge is 0.271 e. The zero-order valence-electron chi connectivity index (χ0n) is 22.4. The molecule has 1 unspecified atom stereocenters. The highest BCUT2D eigenvalue weighted by Gasteiger charge is 2.14. The van der Waals surface area contributed by atoms with Crippen LogP contribution in [0.2, 0.25) is 0 Å². The molecule has 0 aliphatic carbocycles. The fourth-order valence-electron chi connectivity index (χ4n) is 3.75. The van der Waals surface area contributed by atoms with Crippen LogP contribution in [-0.4, -0.2) is 77.4 Å². The van der Waals surface area contributed by atoms with Crippen molar-refractivity contribution in [3.63, 3.8) is 0 Å². The molecule has 0 fully saturated rings. The topological polar surface area (TPSA) is 149 Å². The van der Waals surface area contributed by atoms with Crippen LogP contribution in [0.5, 0.6) is 5.75 Å². The monoisotopic (exact) mass is 522 g/mol. The molecule has 0 bridgehead atoms. The maximum absolute atomic E-state index is 12.2. The normalized spacial score (nSPS) is 11.7. The second-order valence-electron chi connectivity index (χ2n) is 9.22. The van der Waals surface area contributed by atoms with E-state index in [1.54, 1.807) is 31.0 Å². The van der Waals surface area contributed by atoms with Gasteiger partial charge in [0.05, 0.1) is 11.3 Å². The lowest BCUT2D eigenvalue weighted by Crippen LogP contribution is -2.29. The first-order chi connectivity index (χ1) is 18.3. The minimum atomic E-state index is -0.611. The van der Waals surface area contributed by atoms with Crippen molar-refractivity contribution in [1.29, 1.82) is 5.41 Å². The van der Waals surface area contributed by atoms with Gasteiger partial charge in [0.2, 0.25) is 0 Å². The van der Waals surface area contributed by atoms with Crippen molar-refractivity contribution in [2.45, 2.75) is 32.4 Å². The van der Waals surface area contributed by atoms with Gasteiger partial charge in [-0.25, -0.2) is 4.98 Å². The molecule has 0 aliphatic rings. The molecule has 0 radical (unpaired) electrons. The predicted octanol–water partition coefficient (Wildman–Crippen LogP) is 2.49. The van der Waals surface area contributed by atoms with Gasteiger partial charge >= 0.3 is 0 Å². The molecule has 0 saturated heterocycles. The molecular formula is C27H38N8O3. The number of carbonyl (C=O) groups excluding carboxylic acids is 1. The number of aliphatic hydroxyl groups is 1. The quantitative estimate of drug-likeness (QED) is 0.132. The molecule has 1 amide bonds. The summed E-state index contributed by atoms with van der Waals surface area (Å²) >= 11 is 0.